The first-order chi connectivity index (χ1) is 9.06. The maximum atomic E-state index is 6.28. The van der Waals surface area contributed by atoms with Gasteiger partial charge in [0, 0.05) is 11.1 Å². The van der Waals surface area contributed by atoms with Gasteiger partial charge in [-0.05, 0) is 43.4 Å². The molecule has 2 rings (SSSR count). The van der Waals surface area contributed by atoms with E-state index in [1.165, 1.54) is 12.8 Å². The van der Waals surface area contributed by atoms with Crippen LogP contribution in [0.25, 0.3) is 0 Å². The lowest BCUT2D eigenvalue weighted by molar-refractivity contribution is -0.0490. The van der Waals surface area contributed by atoms with Crippen molar-refractivity contribution >= 4 is 11.6 Å². The minimum Gasteiger partial charge on any atom is -0.369 e. The van der Waals surface area contributed by atoms with Crippen LogP contribution in [0.1, 0.15) is 51.2 Å². The third-order valence-corrected chi connectivity index (χ3v) is 4.12. The summed E-state index contributed by atoms with van der Waals surface area (Å²) in [6.07, 6.45) is 5.14. The van der Waals surface area contributed by atoms with Crippen molar-refractivity contribution in [1.29, 1.82) is 0 Å². The van der Waals surface area contributed by atoms with Gasteiger partial charge in [0.15, 0.2) is 0 Å². The highest BCUT2D eigenvalue weighted by atomic mass is 35.5. The van der Waals surface area contributed by atoms with E-state index in [1.54, 1.807) is 0 Å². The van der Waals surface area contributed by atoms with Gasteiger partial charge in [-0.2, -0.15) is 0 Å². The maximum absolute atomic E-state index is 6.28. The zero-order valence-electron chi connectivity index (χ0n) is 11.8. The first-order valence-corrected chi connectivity index (χ1v) is 7.60. The summed E-state index contributed by atoms with van der Waals surface area (Å²) in [5.74, 6) is 0.756. The Morgan fingerprint density at radius 1 is 1.37 bits per heavy atom. The van der Waals surface area contributed by atoms with Crippen LogP contribution in [0.5, 0.6) is 0 Å². The quantitative estimate of drug-likeness (QED) is 0.892. The summed E-state index contributed by atoms with van der Waals surface area (Å²) in [6.45, 7) is 4.30. The molecule has 0 aliphatic heterocycles. The van der Waals surface area contributed by atoms with E-state index < -0.39 is 0 Å². The summed E-state index contributed by atoms with van der Waals surface area (Å²) in [6, 6.07) is 7.82. The Bertz CT molecular complexity index is 407. The summed E-state index contributed by atoms with van der Waals surface area (Å²) in [7, 11) is 0. The summed E-state index contributed by atoms with van der Waals surface area (Å²) < 4.78 is 6.28. The Balaban J connectivity index is 2.08. The molecule has 0 bridgehead atoms. The monoisotopic (exact) mass is 281 g/mol. The normalized spacial score (nSPS) is 26.9. The molecule has 0 amide bonds. The van der Waals surface area contributed by atoms with Gasteiger partial charge in [0.25, 0.3) is 0 Å². The predicted molar refractivity (Wildman–Crippen MR) is 80.3 cm³/mol. The summed E-state index contributed by atoms with van der Waals surface area (Å²) >= 11 is 6.06. The van der Waals surface area contributed by atoms with Crippen molar-refractivity contribution in [2.24, 2.45) is 11.7 Å². The highest BCUT2D eigenvalue weighted by Gasteiger charge is 2.25. The molecule has 1 saturated carbocycles. The lowest BCUT2D eigenvalue weighted by Crippen LogP contribution is -2.32. The van der Waals surface area contributed by atoms with Gasteiger partial charge in [-0.25, -0.2) is 0 Å². The van der Waals surface area contributed by atoms with Crippen LogP contribution in [0.15, 0.2) is 24.3 Å². The van der Waals surface area contributed by atoms with E-state index in [9.17, 15) is 0 Å². The first kappa shape index (κ1) is 14.8. The van der Waals surface area contributed by atoms with Gasteiger partial charge in [0.2, 0.25) is 0 Å². The zero-order chi connectivity index (χ0) is 13.8. The number of nitrogens with two attached hydrogens (primary N) is 1. The van der Waals surface area contributed by atoms with Crippen molar-refractivity contribution in [2.75, 3.05) is 0 Å². The average Bonchev–Trinajstić information content (AvgIpc) is 2.35. The predicted octanol–water partition coefficient (Wildman–Crippen LogP) is 4.32. The highest BCUT2D eigenvalue weighted by Crippen LogP contribution is 2.31. The molecule has 0 radical (unpaired) electrons. The van der Waals surface area contributed by atoms with Crippen molar-refractivity contribution in [3.8, 4) is 0 Å². The molecule has 2 nitrogen and oxygen atoms in total. The van der Waals surface area contributed by atoms with E-state index in [0.29, 0.717) is 6.10 Å². The Hall–Kier alpha value is -0.570. The summed E-state index contributed by atoms with van der Waals surface area (Å²) in [4.78, 5) is 0. The second-order valence-electron chi connectivity index (χ2n) is 5.86. The molecule has 1 fully saturated rings. The van der Waals surface area contributed by atoms with Crippen molar-refractivity contribution in [3.05, 3.63) is 34.9 Å². The Labute approximate surface area is 121 Å². The molecule has 19 heavy (non-hydrogen) atoms. The fourth-order valence-corrected chi connectivity index (χ4v) is 3.10. The molecular formula is C16H24ClNO. The Kier molecular flexibility index (Phi) is 5.26. The molecule has 1 aromatic rings. The van der Waals surface area contributed by atoms with Crippen LogP contribution in [0.4, 0.5) is 0 Å². The van der Waals surface area contributed by atoms with Gasteiger partial charge in [0.1, 0.15) is 0 Å². The molecule has 106 valence electrons. The Morgan fingerprint density at radius 3 is 2.79 bits per heavy atom. The maximum Gasteiger partial charge on any atom is 0.0977 e. The van der Waals surface area contributed by atoms with E-state index in [-0.39, 0.29) is 12.1 Å². The molecule has 4 atom stereocenters. The van der Waals surface area contributed by atoms with Crippen molar-refractivity contribution in [3.63, 3.8) is 0 Å². The molecule has 3 heteroatoms. The minimum atomic E-state index is -0.0611. The first-order valence-electron chi connectivity index (χ1n) is 7.22. The fraction of sp³-hybridized carbons (Fsp3) is 0.625. The van der Waals surface area contributed by atoms with Gasteiger partial charge in [0.05, 0.1) is 12.2 Å². The molecule has 4 unspecified atom stereocenters. The highest BCUT2D eigenvalue weighted by molar-refractivity contribution is 6.30. The van der Waals surface area contributed by atoms with E-state index in [2.05, 4.69) is 6.92 Å². The van der Waals surface area contributed by atoms with Crippen LogP contribution in [0.2, 0.25) is 5.02 Å². The van der Waals surface area contributed by atoms with Crippen molar-refractivity contribution in [1.82, 2.24) is 0 Å². The summed E-state index contributed by atoms with van der Waals surface area (Å²) in [5.41, 5.74) is 7.19. The molecule has 0 heterocycles. The van der Waals surface area contributed by atoms with Crippen LogP contribution < -0.4 is 5.73 Å². The van der Waals surface area contributed by atoms with E-state index in [1.807, 2.05) is 31.2 Å². The second-order valence-corrected chi connectivity index (χ2v) is 6.30. The van der Waals surface area contributed by atoms with Crippen LogP contribution in [0, 0.1) is 5.92 Å². The molecule has 0 aromatic heterocycles. The van der Waals surface area contributed by atoms with E-state index in [0.717, 1.165) is 29.3 Å². The number of benzene rings is 1. The second kappa shape index (κ2) is 6.74. The van der Waals surface area contributed by atoms with Gasteiger partial charge in [-0.15, -0.1) is 0 Å². The standard InChI is InChI=1S/C16H24ClNO/c1-11-5-3-8-15(9-11)19-16(12(2)18)13-6-4-7-14(17)10-13/h4,6-7,10-12,15-16H,3,5,8-9,18H2,1-2H3. The van der Waals surface area contributed by atoms with Crippen LogP contribution in [-0.2, 0) is 4.74 Å². The van der Waals surface area contributed by atoms with Crippen LogP contribution in [0.3, 0.4) is 0 Å². The summed E-state index contributed by atoms with van der Waals surface area (Å²) in [5, 5.41) is 0.740. The number of hydrogen-bond acceptors (Lipinski definition) is 2. The van der Waals surface area contributed by atoms with E-state index >= 15 is 0 Å². The number of halogens is 1. The van der Waals surface area contributed by atoms with Crippen molar-refractivity contribution < 1.29 is 4.74 Å². The smallest absolute Gasteiger partial charge is 0.0977 e. The molecular weight excluding hydrogens is 258 g/mol. The third-order valence-electron chi connectivity index (χ3n) is 3.88. The molecule has 1 aliphatic rings. The van der Waals surface area contributed by atoms with E-state index in [4.69, 9.17) is 22.1 Å². The molecule has 2 N–H and O–H groups in total. The Morgan fingerprint density at radius 2 is 2.16 bits per heavy atom. The SMILES string of the molecule is CC1CCCC(OC(c2cccc(Cl)c2)C(C)N)C1. The molecule has 1 aliphatic carbocycles. The fourth-order valence-electron chi connectivity index (χ4n) is 2.90. The third kappa shape index (κ3) is 4.20. The number of rotatable bonds is 4. The van der Waals surface area contributed by atoms with Gasteiger partial charge in [-0.1, -0.05) is 43.5 Å². The topological polar surface area (TPSA) is 35.2 Å². The minimum absolute atomic E-state index is 0.0318. The number of ether oxygens (including phenoxy) is 1. The molecule has 1 aromatic carbocycles. The van der Waals surface area contributed by atoms with Gasteiger partial charge >= 0.3 is 0 Å². The van der Waals surface area contributed by atoms with Gasteiger partial charge < -0.3 is 10.5 Å². The lowest BCUT2D eigenvalue weighted by Gasteiger charge is -2.32. The number of hydrogen-bond donors (Lipinski definition) is 1. The largest absolute Gasteiger partial charge is 0.369 e. The molecule has 0 saturated heterocycles. The zero-order valence-corrected chi connectivity index (χ0v) is 12.6. The van der Waals surface area contributed by atoms with Crippen LogP contribution in [-0.4, -0.2) is 12.1 Å². The van der Waals surface area contributed by atoms with Crippen LogP contribution >= 0.6 is 11.6 Å². The van der Waals surface area contributed by atoms with Gasteiger partial charge in [-0.3, -0.25) is 0 Å². The average molecular weight is 282 g/mol. The van der Waals surface area contributed by atoms with Crippen molar-refractivity contribution in [2.45, 2.75) is 57.8 Å². The lowest BCUT2D eigenvalue weighted by atomic mass is 9.88. The molecule has 0 spiro atoms.